The maximum Gasteiger partial charge on any atom is 0.203 e. The molecular formula is C11H11ClN6. The van der Waals surface area contributed by atoms with Gasteiger partial charge >= 0.3 is 0 Å². The monoisotopic (exact) mass is 262 g/mol. The molecule has 0 aliphatic heterocycles. The van der Waals surface area contributed by atoms with Gasteiger partial charge < -0.3 is 0 Å². The summed E-state index contributed by atoms with van der Waals surface area (Å²) in [6, 6.07) is 5.46. The molecule has 0 atom stereocenters. The predicted molar refractivity (Wildman–Crippen MR) is 67.4 cm³/mol. The van der Waals surface area contributed by atoms with Gasteiger partial charge in [-0.15, -0.1) is 10.2 Å². The third kappa shape index (κ3) is 1.65. The van der Waals surface area contributed by atoms with Gasteiger partial charge in [0.1, 0.15) is 10.8 Å². The molecule has 92 valence electrons. The van der Waals surface area contributed by atoms with E-state index in [4.69, 9.17) is 11.6 Å². The van der Waals surface area contributed by atoms with Crippen molar-refractivity contribution in [2.24, 2.45) is 7.05 Å². The molecule has 3 aromatic rings. The van der Waals surface area contributed by atoms with Crippen molar-refractivity contribution < 1.29 is 0 Å². The van der Waals surface area contributed by atoms with Crippen LogP contribution in [0.4, 0.5) is 0 Å². The van der Waals surface area contributed by atoms with Gasteiger partial charge in [0.25, 0.3) is 0 Å². The van der Waals surface area contributed by atoms with Crippen LogP contribution < -0.4 is 0 Å². The van der Waals surface area contributed by atoms with Crippen LogP contribution in [0, 0.1) is 0 Å². The molecule has 0 spiro atoms. The molecule has 0 aliphatic rings. The van der Waals surface area contributed by atoms with Crippen molar-refractivity contribution in [2.45, 2.75) is 13.3 Å². The van der Waals surface area contributed by atoms with Crippen molar-refractivity contribution in [3.05, 3.63) is 29.0 Å². The van der Waals surface area contributed by atoms with Crippen LogP contribution in [0.15, 0.2) is 18.2 Å². The molecule has 0 bridgehead atoms. The first-order valence-corrected chi connectivity index (χ1v) is 5.98. The Kier molecular flexibility index (Phi) is 2.52. The summed E-state index contributed by atoms with van der Waals surface area (Å²) in [5.74, 6) is 0.641. The van der Waals surface area contributed by atoms with Crippen LogP contribution in [0.1, 0.15) is 12.6 Å². The van der Waals surface area contributed by atoms with Crippen molar-refractivity contribution >= 4 is 17.2 Å². The highest BCUT2D eigenvalue weighted by molar-refractivity contribution is 6.29. The minimum absolute atomic E-state index is 0.404. The second kappa shape index (κ2) is 4.06. The fourth-order valence-electron chi connectivity index (χ4n) is 1.83. The lowest BCUT2D eigenvalue weighted by atomic mass is 10.3. The van der Waals surface area contributed by atoms with E-state index < -0.39 is 0 Å². The second-order valence-electron chi connectivity index (χ2n) is 3.95. The Morgan fingerprint density at radius 1 is 1.22 bits per heavy atom. The number of aryl methyl sites for hydroxylation is 2. The summed E-state index contributed by atoms with van der Waals surface area (Å²) in [6.45, 7) is 2.06. The third-order valence-electron chi connectivity index (χ3n) is 2.75. The molecule has 0 amide bonds. The lowest BCUT2D eigenvalue weighted by molar-refractivity contribution is 0.744. The van der Waals surface area contributed by atoms with Gasteiger partial charge in [0.05, 0.1) is 5.69 Å². The first-order chi connectivity index (χ1) is 8.69. The van der Waals surface area contributed by atoms with Crippen LogP contribution >= 0.6 is 11.6 Å². The maximum atomic E-state index is 5.90. The molecule has 0 N–H and O–H groups in total. The highest BCUT2D eigenvalue weighted by atomic mass is 35.5. The Labute approximate surface area is 108 Å². The van der Waals surface area contributed by atoms with E-state index in [0.717, 1.165) is 17.8 Å². The molecule has 0 aromatic carbocycles. The molecule has 0 fully saturated rings. The zero-order chi connectivity index (χ0) is 12.7. The van der Waals surface area contributed by atoms with E-state index in [-0.39, 0.29) is 0 Å². The quantitative estimate of drug-likeness (QED) is 0.706. The summed E-state index contributed by atoms with van der Waals surface area (Å²) in [4.78, 5) is 0. The zero-order valence-electron chi connectivity index (χ0n) is 10.0. The summed E-state index contributed by atoms with van der Waals surface area (Å²) in [6.07, 6.45) is 0.874. The van der Waals surface area contributed by atoms with Gasteiger partial charge in [-0.05, 0) is 24.6 Å². The van der Waals surface area contributed by atoms with Crippen molar-refractivity contribution in [1.82, 2.24) is 29.6 Å². The van der Waals surface area contributed by atoms with Gasteiger partial charge in [0.2, 0.25) is 5.82 Å². The third-order valence-corrected chi connectivity index (χ3v) is 2.95. The van der Waals surface area contributed by atoms with Crippen molar-refractivity contribution in [3.8, 4) is 11.5 Å². The second-order valence-corrected chi connectivity index (χ2v) is 4.33. The van der Waals surface area contributed by atoms with E-state index in [1.54, 1.807) is 21.3 Å². The van der Waals surface area contributed by atoms with Crippen LogP contribution in [0.2, 0.25) is 5.15 Å². The van der Waals surface area contributed by atoms with Gasteiger partial charge in [-0.2, -0.15) is 14.7 Å². The Bertz CT molecular complexity index is 713. The fraction of sp³-hybridized carbons (Fsp3) is 0.273. The minimum atomic E-state index is 0.404. The zero-order valence-corrected chi connectivity index (χ0v) is 10.8. The summed E-state index contributed by atoms with van der Waals surface area (Å²) in [5, 5.41) is 17.2. The molecule has 0 aliphatic carbocycles. The maximum absolute atomic E-state index is 5.90. The molecule has 0 radical (unpaired) electrons. The predicted octanol–water partition coefficient (Wildman–Crippen LogP) is 1.74. The van der Waals surface area contributed by atoms with E-state index in [1.165, 1.54) is 0 Å². The van der Waals surface area contributed by atoms with E-state index in [0.29, 0.717) is 16.6 Å². The van der Waals surface area contributed by atoms with E-state index >= 15 is 0 Å². The molecule has 3 heterocycles. The molecule has 18 heavy (non-hydrogen) atoms. The number of nitrogens with zero attached hydrogens (tertiary/aromatic N) is 6. The van der Waals surface area contributed by atoms with Gasteiger partial charge in [-0.1, -0.05) is 18.5 Å². The average molecular weight is 263 g/mol. The lowest BCUT2D eigenvalue weighted by Crippen LogP contribution is -2.00. The number of fused-ring (bicyclic) bond motifs is 1. The standard InChI is InChI=1S/C11H11ClN6/c1-3-7-6-8(17(2)15-7)11-14-13-10-5-4-9(12)16-18(10)11/h4-6H,3H2,1-2H3. The largest absolute Gasteiger partial charge is 0.264 e. The average Bonchev–Trinajstić information content (AvgIpc) is 2.92. The first kappa shape index (κ1) is 11.2. The van der Waals surface area contributed by atoms with Crippen LogP contribution in [-0.2, 0) is 13.5 Å². The van der Waals surface area contributed by atoms with E-state index in [1.807, 2.05) is 13.1 Å². The summed E-state index contributed by atoms with van der Waals surface area (Å²) in [5.41, 5.74) is 2.54. The van der Waals surface area contributed by atoms with E-state index in [9.17, 15) is 0 Å². The van der Waals surface area contributed by atoms with Gasteiger partial charge in [0, 0.05) is 7.05 Å². The molecular weight excluding hydrogens is 252 g/mol. The van der Waals surface area contributed by atoms with Crippen LogP contribution in [0.25, 0.3) is 17.2 Å². The highest BCUT2D eigenvalue weighted by Crippen LogP contribution is 2.19. The van der Waals surface area contributed by atoms with Crippen LogP contribution in [0.3, 0.4) is 0 Å². The van der Waals surface area contributed by atoms with Gasteiger partial charge in [-0.3, -0.25) is 4.68 Å². The van der Waals surface area contributed by atoms with Crippen molar-refractivity contribution in [1.29, 1.82) is 0 Å². The van der Waals surface area contributed by atoms with Crippen molar-refractivity contribution in [2.75, 3.05) is 0 Å². The summed E-state index contributed by atoms with van der Waals surface area (Å²) < 4.78 is 3.40. The fourth-order valence-corrected chi connectivity index (χ4v) is 1.97. The number of aromatic nitrogens is 6. The topological polar surface area (TPSA) is 60.9 Å². The van der Waals surface area contributed by atoms with Crippen LogP contribution in [0.5, 0.6) is 0 Å². The summed E-state index contributed by atoms with van der Waals surface area (Å²) >= 11 is 5.90. The Hall–Kier alpha value is -1.95. The summed E-state index contributed by atoms with van der Waals surface area (Å²) in [7, 11) is 1.88. The molecule has 3 aromatic heterocycles. The molecule has 0 unspecified atom stereocenters. The Morgan fingerprint density at radius 2 is 2.06 bits per heavy atom. The minimum Gasteiger partial charge on any atom is -0.264 e. The molecule has 3 rings (SSSR count). The number of hydrogen-bond acceptors (Lipinski definition) is 4. The molecule has 7 heteroatoms. The molecule has 6 nitrogen and oxygen atoms in total. The Morgan fingerprint density at radius 3 is 2.78 bits per heavy atom. The Balaban J connectivity index is 2.24. The van der Waals surface area contributed by atoms with Crippen LogP contribution in [-0.4, -0.2) is 29.6 Å². The smallest absolute Gasteiger partial charge is 0.203 e. The number of hydrogen-bond donors (Lipinski definition) is 0. The van der Waals surface area contributed by atoms with Gasteiger partial charge in [-0.25, -0.2) is 0 Å². The normalized spacial score (nSPS) is 11.3. The highest BCUT2D eigenvalue weighted by Gasteiger charge is 2.14. The molecule has 0 saturated carbocycles. The lowest BCUT2D eigenvalue weighted by Gasteiger charge is -1.99. The number of rotatable bonds is 2. The van der Waals surface area contributed by atoms with Gasteiger partial charge in [0.15, 0.2) is 5.65 Å². The number of halogens is 1. The SMILES string of the molecule is CCc1cc(-c2nnc3ccc(Cl)nn23)n(C)n1. The first-order valence-electron chi connectivity index (χ1n) is 5.60. The van der Waals surface area contributed by atoms with E-state index in [2.05, 4.69) is 27.3 Å². The molecule has 0 saturated heterocycles. The van der Waals surface area contributed by atoms with Crippen molar-refractivity contribution in [3.63, 3.8) is 0 Å².